The van der Waals surface area contributed by atoms with Crippen molar-refractivity contribution in [2.45, 2.75) is 0 Å². The van der Waals surface area contributed by atoms with Gasteiger partial charge in [-0.05, 0) is 18.2 Å². The van der Waals surface area contributed by atoms with E-state index < -0.39 is 11.7 Å². The number of rotatable bonds is 3. The van der Waals surface area contributed by atoms with Gasteiger partial charge in [-0.1, -0.05) is 6.07 Å². The van der Waals surface area contributed by atoms with E-state index in [4.69, 9.17) is 5.11 Å². The molecule has 2 heterocycles. The quantitative estimate of drug-likeness (QED) is 0.767. The van der Waals surface area contributed by atoms with Crippen LogP contribution in [0, 0.1) is 11.3 Å². The van der Waals surface area contributed by atoms with Crippen LogP contribution in [0.15, 0.2) is 49.2 Å². The molecule has 3 aromatic rings. The summed E-state index contributed by atoms with van der Waals surface area (Å²) in [6.07, 6.45) is 5.98. The number of imidazole rings is 1. The number of pyridine rings is 1. The lowest BCUT2D eigenvalue weighted by atomic mass is 10.0. The Kier molecular flexibility index (Phi) is 3.49. The van der Waals surface area contributed by atoms with Crippen molar-refractivity contribution < 1.29 is 15.0 Å². The molecule has 0 aliphatic heterocycles. The summed E-state index contributed by atoms with van der Waals surface area (Å²) < 4.78 is 1.70. The van der Waals surface area contributed by atoms with Crippen LogP contribution in [0.25, 0.3) is 16.9 Å². The van der Waals surface area contributed by atoms with Gasteiger partial charge >= 0.3 is 5.97 Å². The van der Waals surface area contributed by atoms with Crippen LogP contribution < -0.4 is 0 Å². The molecule has 0 spiro atoms. The molecule has 0 radical (unpaired) electrons. The zero-order chi connectivity index (χ0) is 16.4. The summed E-state index contributed by atoms with van der Waals surface area (Å²) in [6, 6.07) is 8.43. The molecule has 0 bridgehead atoms. The molecule has 2 N–H and O–H groups in total. The number of nitrogens with zero attached hydrogens (tertiary/aromatic N) is 4. The first-order valence-corrected chi connectivity index (χ1v) is 6.55. The van der Waals surface area contributed by atoms with Gasteiger partial charge in [-0.15, -0.1) is 0 Å². The molecule has 0 atom stereocenters. The first kappa shape index (κ1) is 14.3. The highest BCUT2D eigenvalue weighted by atomic mass is 16.4. The van der Waals surface area contributed by atoms with Crippen LogP contribution in [0.1, 0.15) is 15.9 Å². The van der Waals surface area contributed by atoms with Crippen molar-refractivity contribution in [1.29, 1.82) is 5.26 Å². The maximum atomic E-state index is 11.1. The van der Waals surface area contributed by atoms with Crippen LogP contribution in [0.3, 0.4) is 0 Å². The van der Waals surface area contributed by atoms with E-state index in [0.717, 1.165) is 6.20 Å². The SMILES string of the molecule is N#Cc1cc(-c2cc(C(=O)O)c(O)cn2)ccc1-n1ccnc1. The zero-order valence-electron chi connectivity index (χ0n) is 11.7. The van der Waals surface area contributed by atoms with E-state index in [2.05, 4.69) is 16.0 Å². The van der Waals surface area contributed by atoms with E-state index in [1.54, 1.807) is 41.5 Å². The number of benzene rings is 1. The smallest absolute Gasteiger partial charge is 0.339 e. The summed E-state index contributed by atoms with van der Waals surface area (Å²) in [7, 11) is 0. The fraction of sp³-hybridized carbons (Fsp3) is 0. The molecule has 7 heteroatoms. The van der Waals surface area contributed by atoms with Crippen molar-refractivity contribution in [2.75, 3.05) is 0 Å². The lowest BCUT2D eigenvalue weighted by molar-refractivity contribution is 0.0693. The second-order valence-electron chi connectivity index (χ2n) is 4.71. The highest BCUT2D eigenvalue weighted by Gasteiger charge is 2.13. The molecule has 0 aliphatic rings. The van der Waals surface area contributed by atoms with Crippen LogP contribution in [0.2, 0.25) is 0 Å². The third-order valence-electron chi connectivity index (χ3n) is 3.31. The monoisotopic (exact) mass is 306 g/mol. The Balaban J connectivity index is 2.10. The topological polar surface area (TPSA) is 112 Å². The Labute approximate surface area is 130 Å². The molecule has 0 amide bonds. The van der Waals surface area contributed by atoms with Crippen LogP contribution in [0.5, 0.6) is 5.75 Å². The Morgan fingerprint density at radius 1 is 1.30 bits per heavy atom. The third kappa shape index (κ3) is 2.61. The number of aromatic nitrogens is 3. The van der Waals surface area contributed by atoms with Crippen molar-refractivity contribution in [1.82, 2.24) is 14.5 Å². The summed E-state index contributed by atoms with van der Waals surface area (Å²) >= 11 is 0. The number of carboxylic acid groups (broad SMARTS) is 1. The average Bonchev–Trinajstić information content (AvgIpc) is 3.08. The summed E-state index contributed by atoms with van der Waals surface area (Å²) in [5, 5.41) is 27.9. The van der Waals surface area contributed by atoms with E-state index in [0.29, 0.717) is 22.5 Å². The Morgan fingerprint density at radius 3 is 2.78 bits per heavy atom. The molecule has 23 heavy (non-hydrogen) atoms. The minimum absolute atomic E-state index is 0.243. The maximum absolute atomic E-state index is 11.1. The van der Waals surface area contributed by atoms with E-state index in [1.165, 1.54) is 6.07 Å². The van der Waals surface area contributed by atoms with E-state index in [1.807, 2.05) is 0 Å². The largest absolute Gasteiger partial charge is 0.505 e. The summed E-state index contributed by atoms with van der Waals surface area (Å²) in [5.74, 6) is -1.65. The number of carbonyl (C=O) groups is 1. The molecule has 0 aliphatic carbocycles. The minimum Gasteiger partial charge on any atom is -0.505 e. The molecule has 1 aromatic carbocycles. The van der Waals surface area contributed by atoms with Gasteiger partial charge in [0.2, 0.25) is 0 Å². The number of carboxylic acids is 1. The van der Waals surface area contributed by atoms with Crippen LogP contribution in [0.4, 0.5) is 0 Å². The van der Waals surface area contributed by atoms with Gasteiger partial charge < -0.3 is 14.8 Å². The van der Waals surface area contributed by atoms with Gasteiger partial charge in [0.15, 0.2) is 0 Å². The Morgan fingerprint density at radius 2 is 2.13 bits per heavy atom. The Hall–Kier alpha value is -3.66. The fourth-order valence-electron chi connectivity index (χ4n) is 2.19. The van der Waals surface area contributed by atoms with E-state index in [-0.39, 0.29) is 5.56 Å². The molecular weight excluding hydrogens is 296 g/mol. The van der Waals surface area contributed by atoms with Gasteiger partial charge in [0.05, 0.1) is 29.5 Å². The highest BCUT2D eigenvalue weighted by molar-refractivity contribution is 5.92. The molecule has 112 valence electrons. The van der Waals surface area contributed by atoms with E-state index in [9.17, 15) is 15.2 Å². The predicted molar refractivity (Wildman–Crippen MR) is 80.1 cm³/mol. The molecule has 3 rings (SSSR count). The van der Waals surface area contributed by atoms with Crippen LogP contribution in [-0.4, -0.2) is 30.7 Å². The van der Waals surface area contributed by atoms with Crippen molar-refractivity contribution >= 4 is 5.97 Å². The zero-order valence-corrected chi connectivity index (χ0v) is 11.7. The lowest BCUT2D eigenvalue weighted by Crippen LogP contribution is -1.99. The second kappa shape index (κ2) is 5.61. The van der Waals surface area contributed by atoms with Crippen molar-refractivity contribution in [3.05, 3.63) is 60.3 Å². The second-order valence-corrected chi connectivity index (χ2v) is 4.71. The fourth-order valence-corrected chi connectivity index (χ4v) is 2.19. The first-order chi connectivity index (χ1) is 11.1. The molecule has 7 nitrogen and oxygen atoms in total. The Bertz CT molecular complexity index is 927. The van der Waals surface area contributed by atoms with Gasteiger partial charge in [0.25, 0.3) is 0 Å². The molecule has 0 saturated carbocycles. The first-order valence-electron chi connectivity index (χ1n) is 6.55. The predicted octanol–water partition coefficient (Wildman–Crippen LogP) is 2.21. The van der Waals surface area contributed by atoms with Gasteiger partial charge in [0.1, 0.15) is 17.4 Å². The average molecular weight is 306 g/mol. The molecule has 0 unspecified atom stereocenters. The van der Waals surface area contributed by atoms with Crippen molar-refractivity contribution in [3.63, 3.8) is 0 Å². The maximum Gasteiger partial charge on any atom is 0.339 e. The number of hydrogen-bond acceptors (Lipinski definition) is 5. The normalized spacial score (nSPS) is 10.2. The number of aromatic hydroxyl groups is 1. The molecule has 0 fully saturated rings. The van der Waals surface area contributed by atoms with Gasteiger partial charge in [-0.25, -0.2) is 9.78 Å². The summed E-state index contributed by atoms with van der Waals surface area (Å²) in [6.45, 7) is 0. The number of aromatic carboxylic acids is 1. The van der Waals surface area contributed by atoms with Crippen molar-refractivity contribution in [2.24, 2.45) is 0 Å². The lowest BCUT2D eigenvalue weighted by Gasteiger charge is -2.08. The summed E-state index contributed by atoms with van der Waals surface area (Å²) in [5.41, 5.74) is 1.74. The van der Waals surface area contributed by atoms with Crippen molar-refractivity contribution in [3.8, 4) is 28.8 Å². The molecular formula is C16H10N4O3. The van der Waals surface area contributed by atoms with Crippen LogP contribution in [-0.2, 0) is 0 Å². The summed E-state index contributed by atoms with van der Waals surface area (Å²) in [4.78, 5) is 19.0. The number of nitriles is 1. The van der Waals surface area contributed by atoms with Gasteiger partial charge in [-0.2, -0.15) is 5.26 Å². The van der Waals surface area contributed by atoms with Crippen LogP contribution >= 0.6 is 0 Å². The number of hydrogen-bond donors (Lipinski definition) is 2. The third-order valence-corrected chi connectivity index (χ3v) is 3.31. The standard InChI is InChI=1S/C16H10N4O3/c17-7-11-5-10(1-2-14(11)20-4-3-18-9-20)13-6-12(16(22)23)15(21)8-19-13/h1-6,8-9,21H,(H,22,23). The molecule has 0 saturated heterocycles. The van der Waals surface area contributed by atoms with E-state index >= 15 is 0 Å². The minimum atomic E-state index is -1.25. The van der Waals surface area contributed by atoms with Gasteiger partial charge in [0, 0.05) is 18.0 Å². The molecule has 2 aromatic heterocycles. The van der Waals surface area contributed by atoms with Gasteiger partial charge in [-0.3, -0.25) is 4.98 Å². The highest BCUT2D eigenvalue weighted by Crippen LogP contribution is 2.26.